The lowest BCUT2D eigenvalue weighted by atomic mass is 10.1. The second-order valence-corrected chi connectivity index (χ2v) is 6.66. The van der Waals surface area contributed by atoms with E-state index < -0.39 is 0 Å². The van der Waals surface area contributed by atoms with Crippen molar-refractivity contribution in [3.63, 3.8) is 0 Å². The van der Waals surface area contributed by atoms with Crippen LogP contribution in [0.3, 0.4) is 0 Å². The van der Waals surface area contributed by atoms with Crippen LogP contribution in [0.5, 0.6) is 17.2 Å². The van der Waals surface area contributed by atoms with E-state index in [1.807, 2.05) is 18.2 Å². The number of benzene rings is 2. The number of nitriles is 1. The van der Waals surface area contributed by atoms with Gasteiger partial charge in [-0.1, -0.05) is 0 Å². The molecule has 0 saturated carbocycles. The summed E-state index contributed by atoms with van der Waals surface area (Å²) in [7, 11) is 4.67. The van der Waals surface area contributed by atoms with Crippen LogP contribution in [0, 0.1) is 11.3 Å². The average molecular weight is 420 g/mol. The lowest BCUT2D eigenvalue weighted by molar-refractivity contribution is 0.0953. The SMILES string of the molecule is COc1ccc2nc(NCCCNC(=O)c3ccc(OC)c(OC)c3)c(C#N)cc2c1. The number of nitrogens with zero attached hydrogens (tertiary/aromatic N) is 2. The van der Waals surface area contributed by atoms with Crippen molar-refractivity contribution in [3.8, 4) is 23.3 Å². The maximum atomic E-state index is 12.4. The number of rotatable bonds is 9. The average Bonchev–Trinajstić information content (AvgIpc) is 2.82. The first-order valence-corrected chi connectivity index (χ1v) is 9.72. The van der Waals surface area contributed by atoms with E-state index >= 15 is 0 Å². The molecule has 0 unspecified atom stereocenters. The summed E-state index contributed by atoms with van der Waals surface area (Å²) in [6.45, 7) is 1.02. The molecule has 0 atom stereocenters. The third-order valence-electron chi connectivity index (χ3n) is 4.72. The predicted molar refractivity (Wildman–Crippen MR) is 118 cm³/mol. The molecule has 160 valence electrons. The summed E-state index contributed by atoms with van der Waals surface area (Å²) in [5.41, 5.74) is 1.71. The highest BCUT2D eigenvalue weighted by Crippen LogP contribution is 2.27. The molecule has 1 heterocycles. The molecule has 0 fully saturated rings. The van der Waals surface area contributed by atoms with Gasteiger partial charge in [0.25, 0.3) is 5.91 Å². The maximum absolute atomic E-state index is 12.4. The number of pyridine rings is 1. The van der Waals surface area contributed by atoms with E-state index in [2.05, 4.69) is 21.7 Å². The standard InChI is InChI=1S/C23H24N4O4/c1-29-18-6-7-19-16(12-18)11-17(14-24)22(27-19)25-9-4-10-26-23(28)15-5-8-20(30-2)21(13-15)31-3/h5-8,11-13H,4,9-10H2,1-3H3,(H,25,27)(H,26,28). The molecular weight excluding hydrogens is 396 g/mol. The highest BCUT2D eigenvalue weighted by Gasteiger charge is 2.11. The molecule has 0 bridgehead atoms. The van der Waals surface area contributed by atoms with Crippen molar-refractivity contribution in [1.82, 2.24) is 10.3 Å². The smallest absolute Gasteiger partial charge is 0.251 e. The number of hydrogen-bond donors (Lipinski definition) is 2. The van der Waals surface area contributed by atoms with Gasteiger partial charge in [0.05, 0.1) is 32.4 Å². The molecule has 3 rings (SSSR count). The third kappa shape index (κ3) is 5.14. The zero-order valence-corrected chi connectivity index (χ0v) is 17.7. The number of carbonyl (C=O) groups excluding carboxylic acids is 1. The zero-order chi connectivity index (χ0) is 22.2. The van der Waals surface area contributed by atoms with Crippen LogP contribution in [-0.4, -0.2) is 45.3 Å². The number of methoxy groups -OCH3 is 3. The topological polar surface area (TPSA) is 106 Å². The van der Waals surface area contributed by atoms with Gasteiger partial charge in [0.1, 0.15) is 17.6 Å². The zero-order valence-electron chi connectivity index (χ0n) is 17.7. The second-order valence-electron chi connectivity index (χ2n) is 6.66. The van der Waals surface area contributed by atoms with E-state index in [0.29, 0.717) is 53.7 Å². The molecule has 0 radical (unpaired) electrons. The second kappa shape index (κ2) is 10.2. The van der Waals surface area contributed by atoms with Crippen molar-refractivity contribution in [1.29, 1.82) is 5.26 Å². The van der Waals surface area contributed by atoms with Gasteiger partial charge in [-0.15, -0.1) is 0 Å². The van der Waals surface area contributed by atoms with E-state index in [9.17, 15) is 10.1 Å². The molecule has 8 heteroatoms. The van der Waals surface area contributed by atoms with Gasteiger partial charge in [0.15, 0.2) is 11.5 Å². The summed E-state index contributed by atoms with van der Waals surface area (Å²) >= 11 is 0. The van der Waals surface area contributed by atoms with Crippen molar-refractivity contribution in [2.45, 2.75) is 6.42 Å². The van der Waals surface area contributed by atoms with E-state index in [0.717, 1.165) is 10.9 Å². The Kier molecular flexibility index (Phi) is 7.12. The molecule has 1 aromatic heterocycles. The van der Waals surface area contributed by atoms with Gasteiger partial charge >= 0.3 is 0 Å². The summed E-state index contributed by atoms with van der Waals surface area (Å²) in [5, 5.41) is 16.3. The minimum atomic E-state index is -0.198. The van der Waals surface area contributed by atoms with E-state index in [1.54, 1.807) is 38.5 Å². The maximum Gasteiger partial charge on any atom is 0.251 e. The Labute approximate surface area is 180 Å². The van der Waals surface area contributed by atoms with Crippen molar-refractivity contribution < 1.29 is 19.0 Å². The summed E-state index contributed by atoms with van der Waals surface area (Å²) in [5.74, 6) is 2.10. The van der Waals surface area contributed by atoms with Gasteiger partial charge in [-0.05, 0) is 48.9 Å². The largest absolute Gasteiger partial charge is 0.497 e. The quantitative estimate of drug-likeness (QED) is 0.511. The number of ether oxygens (including phenoxy) is 3. The lowest BCUT2D eigenvalue weighted by Gasteiger charge is -2.11. The van der Waals surface area contributed by atoms with E-state index in [-0.39, 0.29) is 5.91 Å². The minimum Gasteiger partial charge on any atom is -0.497 e. The van der Waals surface area contributed by atoms with Crippen molar-refractivity contribution in [2.75, 3.05) is 39.7 Å². The molecule has 0 aliphatic carbocycles. The minimum absolute atomic E-state index is 0.198. The fourth-order valence-electron chi connectivity index (χ4n) is 3.08. The first-order valence-electron chi connectivity index (χ1n) is 9.72. The molecule has 8 nitrogen and oxygen atoms in total. The van der Waals surface area contributed by atoms with Crippen LogP contribution in [0.4, 0.5) is 5.82 Å². The summed E-state index contributed by atoms with van der Waals surface area (Å²) in [6.07, 6.45) is 0.659. The van der Waals surface area contributed by atoms with Crippen LogP contribution in [0.25, 0.3) is 10.9 Å². The number of anilines is 1. The Bertz CT molecular complexity index is 1120. The number of aromatic nitrogens is 1. The number of carbonyl (C=O) groups is 1. The van der Waals surface area contributed by atoms with Crippen LogP contribution >= 0.6 is 0 Å². The van der Waals surface area contributed by atoms with Gasteiger partial charge in [-0.25, -0.2) is 4.98 Å². The number of hydrogen-bond acceptors (Lipinski definition) is 7. The normalized spacial score (nSPS) is 10.3. The number of fused-ring (bicyclic) bond motifs is 1. The third-order valence-corrected chi connectivity index (χ3v) is 4.72. The fraction of sp³-hybridized carbons (Fsp3) is 0.261. The van der Waals surface area contributed by atoms with Gasteiger partial charge < -0.3 is 24.8 Å². The van der Waals surface area contributed by atoms with Gasteiger partial charge in [0.2, 0.25) is 0 Å². The summed E-state index contributed by atoms with van der Waals surface area (Å²) < 4.78 is 15.6. The van der Waals surface area contributed by atoms with Gasteiger partial charge in [-0.3, -0.25) is 4.79 Å². The van der Waals surface area contributed by atoms with Crippen LogP contribution < -0.4 is 24.8 Å². The molecular formula is C23H24N4O4. The Hall–Kier alpha value is -3.99. The Morgan fingerprint density at radius 3 is 2.52 bits per heavy atom. The fourth-order valence-corrected chi connectivity index (χ4v) is 3.08. The Balaban J connectivity index is 1.55. The molecule has 0 spiro atoms. The molecule has 3 aromatic rings. The number of amides is 1. The number of nitrogens with one attached hydrogen (secondary N) is 2. The van der Waals surface area contributed by atoms with E-state index in [4.69, 9.17) is 14.2 Å². The van der Waals surface area contributed by atoms with Crippen LogP contribution in [0.15, 0.2) is 42.5 Å². The van der Waals surface area contributed by atoms with Crippen LogP contribution in [0.2, 0.25) is 0 Å². The van der Waals surface area contributed by atoms with Crippen LogP contribution in [-0.2, 0) is 0 Å². The van der Waals surface area contributed by atoms with Crippen LogP contribution in [0.1, 0.15) is 22.3 Å². The van der Waals surface area contributed by atoms with Crippen molar-refractivity contribution in [3.05, 3.63) is 53.6 Å². The van der Waals surface area contributed by atoms with E-state index in [1.165, 1.54) is 7.11 Å². The first kappa shape index (κ1) is 21.7. The monoisotopic (exact) mass is 420 g/mol. The lowest BCUT2D eigenvalue weighted by Crippen LogP contribution is -2.26. The van der Waals surface area contributed by atoms with Gasteiger partial charge in [-0.2, -0.15) is 5.26 Å². The molecule has 0 aliphatic rings. The predicted octanol–water partition coefficient (Wildman–Crippen LogP) is 3.36. The molecule has 2 N–H and O–H groups in total. The highest BCUT2D eigenvalue weighted by atomic mass is 16.5. The summed E-state index contributed by atoms with van der Waals surface area (Å²) in [6, 6.07) is 14.5. The molecule has 31 heavy (non-hydrogen) atoms. The first-order chi connectivity index (χ1) is 15.1. The molecule has 2 aromatic carbocycles. The van der Waals surface area contributed by atoms with Crippen molar-refractivity contribution in [2.24, 2.45) is 0 Å². The summed E-state index contributed by atoms with van der Waals surface area (Å²) in [4.78, 5) is 16.9. The van der Waals surface area contributed by atoms with Crippen molar-refractivity contribution >= 4 is 22.6 Å². The molecule has 1 amide bonds. The molecule has 0 saturated heterocycles. The highest BCUT2D eigenvalue weighted by molar-refractivity contribution is 5.94. The molecule has 0 aliphatic heterocycles. The Morgan fingerprint density at radius 1 is 1.00 bits per heavy atom. The Morgan fingerprint density at radius 2 is 1.81 bits per heavy atom. The van der Waals surface area contributed by atoms with Gasteiger partial charge in [0, 0.05) is 24.0 Å².